The third kappa shape index (κ3) is 2.99. The van der Waals surface area contributed by atoms with Gasteiger partial charge < -0.3 is 14.5 Å². The second kappa shape index (κ2) is 6.91. The normalized spacial score (nSPS) is 15.4. The van der Waals surface area contributed by atoms with Crippen molar-refractivity contribution in [1.82, 2.24) is 0 Å². The fourth-order valence-electron chi connectivity index (χ4n) is 3.85. The molecule has 4 rings (SSSR count). The van der Waals surface area contributed by atoms with Crippen LogP contribution in [0.5, 0.6) is 5.75 Å². The van der Waals surface area contributed by atoms with Gasteiger partial charge in [-0.05, 0) is 61.2 Å². The largest absolute Gasteiger partial charge is 0.490 e. The van der Waals surface area contributed by atoms with Crippen LogP contribution in [0.4, 0.5) is 11.4 Å². The molecule has 0 saturated carbocycles. The van der Waals surface area contributed by atoms with E-state index in [0.717, 1.165) is 41.1 Å². The Bertz CT molecular complexity index is 935. The van der Waals surface area contributed by atoms with E-state index < -0.39 is 0 Å². The molecule has 27 heavy (non-hydrogen) atoms. The number of hydrogen-bond donors (Lipinski definition) is 0. The van der Waals surface area contributed by atoms with Crippen molar-refractivity contribution in [1.29, 1.82) is 0 Å². The summed E-state index contributed by atoms with van der Waals surface area (Å²) >= 11 is 0. The van der Waals surface area contributed by atoms with Crippen LogP contribution in [0.2, 0.25) is 0 Å². The van der Waals surface area contributed by atoms with Gasteiger partial charge in [0, 0.05) is 17.8 Å². The van der Waals surface area contributed by atoms with Gasteiger partial charge >= 0.3 is 0 Å². The molecule has 2 aromatic rings. The van der Waals surface area contributed by atoms with Gasteiger partial charge in [-0.15, -0.1) is 0 Å². The van der Waals surface area contributed by atoms with Crippen molar-refractivity contribution in [2.24, 2.45) is 0 Å². The minimum absolute atomic E-state index is 0.0480. The predicted octanol–water partition coefficient (Wildman–Crippen LogP) is 3.50. The molecular weight excluding hydrogens is 340 g/mol. The van der Waals surface area contributed by atoms with Gasteiger partial charge in [-0.1, -0.05) is 18.7 Å². The van der Waals surface area contributed by atoms with Gasteiger partial charge in [0.25, 0.3) is 5.91 Å². The van der Waals surface area contributed by atoms with Gasteiger partial charge in [0.15, 0.2) is 0 Å². The van der Waals surface area contributed by atoms with Crippen molar-refractivity contribution < 1.29 is 14.3 Å². The van der Waals surface area contributed by atoms with Crippen LogP contribution in [-0.4, -0.2) is 31.5 Å². The zero-order valence-electron chi connectivity index (χ0n) is 15.4. The molecule has 2 aromatic carbocycles. The predicted molar refractivity (Wildman–Crippen MR) is 106 cm³/mol. The Labute approximate surface area is 158 Å². The summed E-state index contributed by atoms with van der Waals surface area (Å²) in [5.74, 6) is 0.559. The maximum atomic E-state index is 13.4. The monoisotopic (exact) mass is 362 g/mol. The number of nitrogens with zero attached hydrogens (tertiary/aromatic N) is 2. The van der Waals surface area contributed by atoms with Crippen molar-refractivity contribution in [3.05, 3.63) is 65.7 Å². The third-order valence-electron chi connectivity index (χ3n) is 5.15. The summed E-state index contributed by atoms with van der Waals surface area (Å²) in [6.45, 7) is 7.22. The van der Waals surface area contributed by atoms with Gasteiger partial charge in [-0.3, -0.25) is 9.59 Å². The fraction of sp³-hybridized carbons (Fsp3) is 0.273. The van der Waals surface area contributed by atoms with Crippen LogP contribution in [0.25, 0.3) is 0 Å². The molecule has 0 aliphatic carbocycles. The van der Waals surface area contributed by atoms with Crippen molar-refractivity contribution in [3.63, 3.8) is 0 Å². The summed E-state index contributed by atoms with van der Waals surface area (Å²) in [4.78, 5) is 29.1. The van der Waals surface area contributed by atoms with E-state index in [4.69, 9.17) is 4.74 Å². The quantitative estimate of drug-likeness (QED) is 0.769. The van der Waals surface area contributed by atoms with Crippen molar-refractivity contribution in [3.8, 4) is 5.75 Å². The molecule has 0 atom stereocenters. The van der Waals surface area contributed by atoms with Crippen molar-refractivity contribution in [2.75, 3.05) is 29.5 Å². The first-order valence-corrected chi connectivity index (χ1v) is 9.21. The molecule has 0 aromatic heterocycles. The molecular formula is C22H22N2O3. The zero-order valence-corrected chi connectivity index (χ0v) is 15.4. The number of rotatable bonds is 2. The van der Waals surface area contributed by atoms with Crippen LogP contribution in [0.15, 0.2) is 49.1 Å². The Morgan fingerprint density at radius 3 is 2.78 bits per heavy atom. The topological polar surface area (TPSA) is 49.9 Å². The first-order chi connectivity index (χ1) is 13.1. The minimum atomic E-state index is -0.132. The van der Waals surface area contributed by atoms with E-state index in [2.05, 4.69) is 6.58 Å². The molecule has 0 fully saturated rings. The lowest BCUT2D eigenvalue weighted by Gasteiger charge is -2.33. The summed E-state index contributed by atoms with van der Waals surface area (Å²) < 4.78 is 5.74. The molecule has 2 heterocycles. The number of fused-ring (bicyclic) bond motifs is 2. The summed E-state index contributed by atoms with van der Waals surface area (Å²) in [6.07, 6.45) is 2.93. The van der Waals surface area contributed by atoms with E-state index in [0.29, 0.717) is 25.3 Å². The maximum absolute atomic E-state index is 13.4. The number of ether oxygens (including phenoxy) is 1. The number of anilines is 2. The van der Waals surface area contributed by atoms with Crippen LogP contribution < -0.4 is 14.5 Å². The summed E-state index contributed by atoms with van der Waals surface area (Å²) in [6, 6.07) is 11.5. The van der Waals surface area contributed by atoms with Crippen LogP contribution in [-0.2, 0) is 11.2 Å². The third-order valence-corrected chi connectivity index (χ3v) is 5.15. The van der Waals surface area contributed by atoms with E-state index >= 15 is 0 Å². The summed E-state index contributed by atoms with van der Waals surface area (Å²) in [5, 5.41) is 0. The molecule has 5 heteroatoms. The number of hydrogen-bond acceptors (Lipinski definition) is 3. The van der Waals surface area contributed by atoms with Crippen molar-refractivity contribution in [2.45, 2.75) is 19.8 Å². The molecule has 5 nitrogen and oxygen atoms in total. The lowest BCUT2D eigenvalue weighted by atomic mass is 9.95. The van der Waals surface area contributed by atoms with E-state index in [1.54, 1.807) is 9.80 Å². The minimum Gasteiger partial charge on any atom is -0.490 e. The number of aryl methyl sites for hydroxylation is 1. The summed E-state index contributed by atoms with van der Waals surface area (Å²) in [7, 11) is 0. The zero-order chi connectivity index (χ0) is 19.0. The van der Waals surface area contributed by atoms with Crippen LogP contribution in [0, 0.1) is 6.92 Å². The van der Waals surface area contributed by atoms with E-state index in [-0.39, 0.29) is 11.8 Å². The van der Waals surface area contributed by atoms with Gasteiger partial charge in [-0.25, -0.2) is 0 Å². The number of carbonyl (C=O) groups excluding carboxylic acids is 2. The Hall–Kier alpha value is -3.08. The highest BCUT2D eigenvalue weighted by molar-refractivity contribution is 6.10. The van der Waals surface area contributed by atoms with Gasteiger partial charge in [0.05, 0.1) is 12.2 Å². The highest BCUT2D eigenvalue weighted by Gasteiger charge is 2.29. The first-order valence-electron chi connectivity index (χ1n) is 9.21. The first kappa shape index (κ1) is 17.3. The Balaban J connectivity index is 1.74. The Kier molecular flexibility index (Phi) is 4.44. The standard InChI is InChI=1S/C22H22N2O3/c1-3-21(25)23-11-5-7-16-17(6-4-8-18(16)23)22(26)24-12-13-27-20-14-15(2)9-10-19(20)24/h3-4,6,8-10,14H,1,5,7,11-13H2,2H3. The highest BCUT2D eigenvalue weighted by atomic mass is 16.5. The van der Waals surface area contributed by atoms with E-state index in [1.165, 1.54) is 6.08 Å². The van der Waals surface area contributed by atoms with Crippen molar-refractivity contribution >= 4 is 23.2 Å². The Morgan fingerprint density at radius 2 is 1.96 bits per heavy atom. The highest BCUT2D eigenvalue weighted by Crippen LogP contribution is 2.36. The molecule has 0 bridgehead atoms. The van der Waals surface area contributed by atoms with Crippen LogP contribution in [0.3, 0.4) is 0 Å². The number of benzene rings is 2. The average Bonchev–Trinajstić information content (AvgIpc) is 2.71. The molecule has 0 N–H and O–H groups in total. The van der Waals surface area contributed by atoms with Gasteiger partial charge in [-0.2, -0.15) is 0 Å². The lowest BCUT2D eigenvalue weighted by Crippen LogP contribution is -2.39. The molecule has 2 amide bonds. The van der Waals surface area contributed by atoms with E-state index in [9.17, 15) is 9.59 Å². The second-order valence-electron chi connectivity index (χ2n) is 6.88. The van der Waals surface area contributed by atoms with Gasteiger partial charge in [0.1, 0.15) is 12.4 Å². The fourth-order valence-corrected chi connectivity index (χ4v) is 3.85. The SMILES string of the molecule is C=CC(=O)N1CCCc2c(C(=O)N3CCOc4cc(C)ccc43)cccc21. The van der Waals surface area contributed by atoms with Gasteiger partial charge in [0.2, 0.25) is 5.91 Å². The van der Waals surface area contributed by atoms with Crippen LogP contribution in [0.1, 0.15) is 27.9 Å². The molecule has 0 spiro atoms. The summed E-state index contributed by atoms with van der Waals surface area (Å²) in [5.41, 5.74) is 4.30. The van der Waals surface area contributed by atoms with Crippen LogP contribution >= 0.6 is 0 Å². The molecule has 0 radical (unpaired) electrons. The lowest BCUT2D eigenvalue weighted by molar-refractivity contribution is -0.114. The molecule has 0 saturated heterocycles. The second-order valence-corrected chi connectivity index (χ2v) is 6.88. The smallest absolute Gasteiger partial charge is 0.258 e. The molecule has 0 unspecified atom stereocenters. The molecule has 2 aliphatic heterocycles. The number of carbonyl (C=O) groups is 2. The maximum Gasteiger partial charge on any atom is 0.258 e. The molecule has 138 valence electrons. The van der Waals surface area contributed by atoms with E-state index in [1.807, 2.05) is 43.3 Å². The Morgan fingerprint density at radius 1 is 1.11 bits per heavy atom. The number of amides is 2. The average molecular weight is 362 g/mol. The molecule has 2 aliphatic rings.